The van der Waals surface area contributed by atoms with Crippen LogP contribution in [-0.4, -0.2) is 159 Å². The molecule has 0 radical (unpaired) electrons. The summed E-state index contributed by atoms with van der Waals surface area (Å²) < 4.78 is 0. The van der Waals surface area contributed by atoms with E-state index in [4.69, 9.17) is 11.5 Å². The highest BCUT2D eigenvalue weighted by Crippen LogP contribution is 2.22. The van der Waals surface area contributed by atoms with Crippen molar-refractivity contribution in [2.24, 2.45) is 28.3 Å². The Kier molecular flexibility index (Phi) is 23.3. The zero-order valence-electron chi connectivity index (χ0n) is 43.1. The van der Waals surface area contributed by atoms with Gasteiger partial charge in [-0.3, -0.25) is 38.6 Å². The van der Waals surface area contributed by atoms with Crippen LogP contribution >= 0.6 is 0 Å². The molecule has 23 heteroatoms. The molecule has 1 saturated heterocycles. The summed E-state index contributed by atoms with van der Waals surface area (Å²) in [6.45, 7) is 7.23. The highest BCUT2D eigenvalue weighted by molar-refractivity contribution is 5.98. The molecule has 74 heavy (non-hydrogen) atoms. The molecule has 3 aromatic rings. The van der Waals surface area contributed by atoms with E-state index >= 15 is 0 Å². The van der Waals surface area contributed by atoms with Gasteiger partial charge in [0, 0.05) is 51.3 Å². The molecule has 0 aliphatic carbocycles. The molecule has 4 rings (SSSR count). The number of piperidine rings is 1. The smallest absolute Gasteiger partial charge is 0.326 e. The standard InChI is InChI=1S/C51H75N13O10/c1-7-31(4)43(47(70)59-37(26-34-27-55-29-57-34)48(71)64-23-12-11-17-39(64)45(68)60-38(50(73)74)24-32-14-9-8-10-15-32)62-46(69)40(25-33-18-20-35(65)21-19-33)63(6)49(72)42(30(2)3)61-44(67)36(58-41(66)28-54-5)16-13-22-56-51(52)53/h8-10,14-15,18-21,27,29-31,36-40,42-43,54,65H,7,11-13,16-17,22-26,28H2,1-6H3,(H,55,57)(H,58,66)(H,59,70)(H,60,68)(H,61,67)(H,62,69)(H,73,74)(H4,52,53,56)/t31-,36-,37-,38-,39+,40-,42-,43-/m0/s1. The summed E-state index contributed by atoms with van der Waals surface area (Å²) >= 11 is 0. The van der Waals surface area contributed by atoms with Gasteiger partial charge in [0.15, 0.2) is 5.96 Å². The number of carbonyl (C=O) groups is 8. The minimum Gasteiger partial charge on any atom is -0.508 e. The molecule has 0 saturated carbocycles. The number of rotatable bonds is 28. The van der Waals surface area contributed by atoms with Crippen LogP contribution in [0.1, 0.15) is 83.0 Å². The van der Waals surface area contributed by atoms with Crippen molar-refractivity contribution in [3.63, 3.8) is 0 Å². The molecule has 0 bridgehead atoms. The molecule has 2 heterocycles. The number of likely N-dealkylation sites (N-methyl/N-ethyl adjacent to an activating group) is 2. The molecular formula is C51H75N13O10. The molecule has 7 amide bonds. The number of nitrogens with zero attached hydrogens (tertiary/aromatic N) is 4. The third-order valence-electron chi connectivity index (χ3n) is 13.0. The second-order valence-corrected chi connectivity index (χ2v) is 19.0. The molecule has 0 unspecified atom stereocenters. The number of aliphatic imine (C=N–C) groups is 1. The molecule has 13 N–H and O–H groups in total. The number of aromatic amines is 1. The number of aromatic hydroxyl groups is 1. The Morgan fingerprint density at radius 3 is 2.11 bits per heavy atom. The average molecular weight is 1030 g/mol. The number of aliphatic carboxylic acids is 1. The van der Waals surface area contributed by atoms with Crippen LogP contribution in [-0.2, 0) is 57.6 Å². The summed E-state index contributed by atoms with van der Waals surface area (Å²) in [4.78, 5) is 125. The largest absolute Gasteiger partial charge is 0.508 e. The lowest BCUT2D eigenvalue weighted by atomic mass is 9.95. The number of hydrogen-bond donors (Lipinski definition) is 11. The SMILES string of the molecule is CC[C@H](C)[C@H](NC(=O)[C@H](Cc1ccc(O)cc1)N(C)C(=O)[C@@H](NC(=O)[C@H](CCCN=C(N)N)NC(=O)CNC)C(C)C)C(=O)N[C@@H](Cc1cnc[nH]1)C(=O)N1CCCC[C@@H]1C(=O)N[C@@H](Cc1ccccc1)C(=O)O. The fraction of sp³-hybridized carbons (Fsp3) is 0.529. The van der Waals surface area contributed by atoms with E-state index in [2.05, 4.69) is 46.9 Å². The first-order valence-corrected chi connectivity index (χ1v) is 25.0. The number of guanidine groups is 1. The van der Waals surface area contributed by atoms with Crippen LogP contribution in [0.25, 0.3) is 0 Å². The molecule has 1 aromatic heterocycles. The summed E-state index contributed by atoms with van der Waals surface area (Å²) in [7, 11) is 2.98. The topological polar surface area (TPSA) is 349 Å². The van der Waals surface area contributed by atoms with E-state index in [1.165, 1.54) is 41.5 Å². The number of carboxylic acids is 1. The van der Waals surface area contributed by atoms with Gasteiger partial charge in [0.25, 0.3) is 0 Å². The van der Waals surface area contributed by atoms with Crippen molar-refractivity contribution in [3.05, 3.63) is 83.9 Å². The number of benzene rings is 2. The second kappa shape index (κ2) is 29.2. The Balaban J connectivity index is 1.63. The first-order chi connectivity index (χ1) is 35.2. The van der Waals surface area contributed by atoms with Crippen LogP contribution in [0.2, 0.25) is 0 Å². The van der Waals surface area contributed by atoms with E-state index in [1.807, 2.05) is 6.92 Å². The van der Waals surface area contributed by atoms with Crippen LogP contribution in [0.4, 0.5) is 0 Å². The molecule has 23 nitrogen and oxygen atoms in total. The van der Waals surface area contributed by atoms with E-state index < -0.39 is 101 Å². The normalized spacial score (nSPS) is 16.2. The van der Waals surface area contributed by atoms with Gasteiger partial charge in [-0.25, -0.2) is 9.78 Å². The van der Waals surface area contributed by atoms with Gasteiger partial charge >= 0.3 is 5.97 Å². The van der Waals surface area contributed by atoms with Crippen molar-refractivity contribution in [2.45, 2.75) is 128 Å². The minimum atomic E-state index is -1.30. The molecule has 2 aromatic carbocycles. The maximum Gasteiger partial charge on any atom is 0.326 e. The van der Waals surface area contributed by atoms with Gasteiger partial charge < -0.3 is 68.4 Å². The Hall–Kier alpha value is -7.56. The minimum absolute atomic E-state index is 0.0147. The van der Waals surface area contributed by atoms with Crippen molar-refractivity contribution in [3.8, 4) is 5.75 Å². The quantitative estimate of drug-likeness (QED) is 0.0256. The molecule has 8 atom stereocenters. The number of hydrogen-bond acceptors (Lipinski definition) is 12. The number of carbonyl (C=O) groups excluding carboxylic acids is 7. The van der Waals surface area contributed by atoms with Crippen molar-refractivity contribution in [1.82, 2.24) is 51.7 Å². The van der Waals surface area contributed by atoms with Gasteiger partial charge in [0.2, 0.25) is 41.4 Å². The monoisotopic (exact) mass is 1030 g/mol. The fourth-order valence-corrected chi connectivity index (χ4v) is 8.59. The third-order valence-corrected chi connectivity index (χ3v) is 13.0. The van der Waals surface area contributed by atoms with Gasteiger partial charge in [0.05, 0.1) is 12.9 Å². The van der Waals surface area contributed by atoms with Crippen molar-refractivity contribution >= 4 is 53.3 Å². The Bertz CT molecular complexity index is 2360. The van der Waals surface area contributed by atoms with E-state index in [0.29, 0.717) is 42.5 Å². The zero-order valence-corrected chi connectivity index (χ0v) is 43.1. The first-order valence-electron chi connectivity index (χ1n) is 25.0. The number of nitrogens with one attached hydrogen (secondary N) is 7. The third kappa shape index (κ3) is 17.9. The predicted octanol–water partition coefficient (Wildman–Crippen LogP) is -0.165. The highest BCUT2D eigenvalue weighted by atomic mass is 16.4. The number of amides is 7. The Morgan fingerprint density at radius 1 is 0.824 bits per heavy atom. The van der Waals surface area contributed by atoms with E-state index in [9.17, 15) is 48.6 Å². The van der Waals surface area contributed by atoms with Gasteiger partial charge in [0.1, 0.15) is 48.0 Å². The maximum absolute atomic E-state index is 14.8. The Morgan fingerprint density at radius 2 is 1.50 bits per heavy atom. The van der Waals surface area contributed by atoms with E-state index in [-0.39, 0.29) is 63.4 Å². The zero-order chi connectivity index (χ0) is 54.5. The van der Waals surface area contributed by atoms with E-state index in [1.54, 1.807) is 70.3 Å². The highest BCUT2D eigenvalue weighted by Gasteiger charge is 2.41. The summed E-state index contributed by atoms with van der Waals surface area (Å²) in [5.41, 5.74) is 12.7. The number of aromatic nitrogens is 2. The summed E-state index contributed by atoms with van der Waals surface area (Å²) in [6.07, 6.45) is 4.95. The lowest BCUT2D eigenvalue weighted by Gasteiger charge is -2.38. The second-order valence-electron chi connectivity index (χ2n) is 19.0. The van der Waals surface area contributed by atoms with Crippen LogP contribution in [0.3, 0.4) is 0 Å². The van der Waals surface area contributed by atoms with E-state index in [0.717, 1.165) is 0 Å². The molecule has 0 spiro atoms. The molecule has 1 fully saturated rings. The summed E-state index contributed by atoms with van der Waals surface area (Å²) in [6, 6.07) is 6.39. The molecule has 1 aliphatic heterocycles. The van der Waals surface area contributed by atoms with Crippen LogP contribution in [0.5, 0.6) is 5.75 Å². The van der Waals surface area contributed by atoms with Crippen LogP contribution in [0, 0.1) is 11.8 Å². The average Bonchev–Trinajstić information content (AvgIpc) is 3.89. The molecule has 1 aliphatic rings. The maximum atomic E-state index is 14.8. The van der Waals surface area contributed by atoms with Gasteiger partial charge in [-0.2, -0.15) is 0 Å². The lowest BCUT2D eigenvalue weighted by Crippen LogP contribution is -2.63. The van der Waals surface area contributed by atoms with Crippen molar-refractivity contribution < 1.29 is 48.6 Å². The summed E-state index contributed by atoms with van der Waals surface area (Å²) in [5.74, 6) is -6.97. The van der Waals surface area contributed by atoms with Crippen molar-refractivity contribution in [2.75, 3.05) is 33.7 Å². The van der Waals surface area contributed by atoms with Crippen LogP contribution in [0.15, 0.2) is 72.1 Å². The molecular weight excluding hydrogens is 955 g/mol. The Labute approximate surface area is 431 Å². The summed E-state index contributed by atoms with van der Waals surface area (Å²) in [5, 5.41) is 36.7. The first kappa shape index (κ1) is 59.0. The fourth-order valence-electron chi connectivity index (χ4n) is 8.59. The lowest BCUT2D eigenvalue weighted by molar-refractivity contribution is -0.147. The van der Waals surface area contributed by atoms with Gasteiger partial charge in [-0.1, -0.05) is 76.6 Å². The van der Waals surface area contributed by atoms with Gasteiger partial charge in [-0.15, -0.1) is 0 Å². The number of imidazole rings is 1. The predicted molar refractivity (Wildman–Crippen MR) is 276 cm³/mol. The van der Waals surface area contributed by atoms with Gasteiger partial charge in [-0.05, 0) is 74.2 Å². The molecule has 404 valence electrons. The van der Waals surface area contributed by atoms with Crippen molar-refractivity contribution in [1.29, 1.82) is 0 Å². The number of phenolic OH excluding ortho intramolecular Hbond substituents is 1. The number of carboxylic acid groups (broad SMARTS) is 1. The number of likely N-dealkylation sites (tertiary alicyclic amines) is 1. The number of nitrogens with two attached hydrogens (primary N) is 2. The number of phenols is 1. The van der Waals surface area contributed by atoms with Crippen LogP contribution < -0.4 is 43.4 Å². The number of H-pyrrole nitrogens is 1.